The zero-order chi connectivity index (χ0) is 11.8. The topological polar surface area (TPSA) is 33.1 Å². The maximum atomic E-state index is 7.68. The molecule has 0 aliphatic rings. The van der Waals surface area contributed by atoms with E-state index < -0.39 is 0 Å². The van der Waals surface area contributed by atoms with Gasteiger partial charge >= 0.3 is 0 Å². The number of ether oxygens (including phenoxy) is 1. The molecule has 0 heterocycles. The SMILES string of the molecule is C=CC(OCCC)=C(C=C(C)C)C(C)=N. The van der Waals surface area contributed by atoms with E-state index in [1.807, 2.05) is 19.9 Å². The summed E-state index contributed by atoms with van der Waals surface area (Å²) in [6, 6.07) is 0. The predicted molar refractivity (Wildman–Crippen MR) is 66.3 cm³/mol. The van der Waals surface area contributed by atoms with E-state index in [4.69, 9.17) is 10.1 Å². The van der Waals surface area contributed by atoms with Gasteiger partial charge in [0.25, 0.3) is 0 Å². The molecule has 2 heteroatoms. The number of hydrogen-bond acceptors (Lipinski definition) is 2. The number of hydrogen-bond donors (Lipinski definition) is 1. The van der Waals surface area contributed by atoms with Gasteiger partial charge in [0.2, 0.25) is 0 Å². The highest BCUT2D eigenvalue weighted by atomic mass is 16.5. The Labute approximate surface area is 92.8 Å². The van der Waals surface area contributed by atoms with Gasteiger partial charge in [-0.15, -0.1) is 0 Å². The molecule has 0 unspecified atom stereocenters. The van der Waals surface area contributed by atoms with Crippen molar-refractivity contribution in [2.45, 2.75) is 34.1 Å². The van der Waals surface area contributed by atoms with Crippen LogP contribution < -0.4 is 0 Å². The van der Waals surface area contributed by atoms with Crippen molar-refractivity contribution in [2.24, 2.45) is 0 Å². The minimum atomic E-state index is 0.502. The summed E-state index contributed by atoms with van der Waals surface area (Å²) in [6.07, 6.45) is 4.58. The molecule has 15 heavy (non-hydrogen) atoms. The van der Waals surface area contributed by atoms with E-state index in [2.05, 4.69) is 13.5 Å². The molecule has 0 rings (SSSR count). The molecule has 0 spiro atoms. The number of allylic oxidation sites excluding steroid dienone is 4. The Morgan fingerprint density at radius 1 is 1.33 bits per heavy atom. The molecule has 0 radical (unpaired) electrons. The zero-order valence-corrected chi connectivity index (χ0v) is 10.2. The van der Waals surface area contributed by atoms with Gasteiger partial charge in [-0.1, -0.05) is 25.2 Å². The Balaban J connectivity index is 5.09. The van der Waals surface area contributed by atoms with Crippen LogP contribution in [0.25, 0.3) is 0 Å². The van der Waals surface area contributed by atoms with Gasteiger partial charge in [-0.05, 0) is 33.3 Å². The van der Waals surface area contributed by atoms with Crippen molar-refractivity contribution in [3.05, 3.63) is 35.6 Å². The summed E-state index contributed by atoms with van der Waals surface area (Å²) in [6.45, 7) is 12.2. The van der Waals surface area contributed by atoms with Crippen LogP contribution in [0.4, 0.5) is 0 Å². The fraction of sp³-hybridized carbons (Fsp3) is 0.462. The van der Waals surface area contributed by atoms with Crippen LogP contribution in [0.1, 0.15) is 34.1 Å². The molecule has 0 aromatic heterocycles. The van der Waals surface area contributed by atoms with E-state index >= 15 is 0 Å². The first kappa shape index (κ1) is 13.7. The monoisotopic (exact) mass is 207 g/mol. The van der Waals surface area contributed by atoms with Gasteiger partial charge in [-0.3, -0.25) is 0 Å². The molecule has 0 aromatic rings. The molecule has 0 atom stereocenters. The van der Waals surface area contributed by atoms with Crippen LogP contribution >= 0.6 is 0 Å². The van der Waals surface area contributed by atoms with Crippen LogP contribution in [0.15, 0.2) is 35.6 Å². The van der Waals surface area contributed by atoms with Crippen LogP contribution in [-0.2, 0) is 4.74 Å². The molecule has 0 aromatic carbocycles. The van der Waals surface area contributed by atoms with E-state index in [0.29, 0.717) is 18.1 Å². The van der Waals surface area contributed by atoms with Crippen LogP contribution in [-0.4, -0.2) is 12.3 Å². The van der Waals surface area contributed by atoms with Gasteiger partial charge in [-0.2, -0.15) is 0 Å². The van der Waals surface area contributed by atoms with E-state index in [-0.39, 0.29) is 0 Å². The number of rotatable bonds is 6. The molecular weight excluding hydrogens is 186 g/mol. The first-order valence-electron chi connectivity index (χ1n) is 5.22. The van der Waals surface area contributed by atoms with Gasteiger partial charge in [0, 0.05) is 11.3 Å². The molecule has 0 saturated carbocycles. The largest absolute Gasteiger partial charge is 0.493 e. The third kappa shape index (κ3) is 5.21. The lowest BCUT2D eigenvalue weighted by Crippen LogP contribution is -2.02. The second-order valence-electron chi connectivity index (χ2n) is 3.68. The lowest BCUT2D eigenvalue weighted by molar-refractivity contribution is 0.224. The summed E-state index contributed by atoms with van der Waals surface area (Å²) in [4.78, 5) is 0. The normalized spacial score (nSPS) is 11.5. The van der Waals surface area contributed by atoms with Gasteiger partial charge < -0.3 is 10.1 Å². The summed E-state index contributed by atoms with van der Waals surface area (Å²) in [5.74, 6) is 0.700. The van der Waals surface area contributed by atoms with Gasteiger partial charge in [0.05, 0.1) is 6.61 Å². The number of nitrogens with one attached hydrogen (secondary N) is 1. The Bertz CT molecular complexity index is 294. The van der Waals surface area contributed by atoms with Crippen molar-refractivity contribution < 1.29 is 4.74 Å². The third-order valence-electron chi connectivity index (χ3n) is 1.75. The lowest BCUT2D eigenvalue weighted by Gasteiger charge is -2.10. The first-order chi connectivity index (χ1) is 7.02. The third-order valence-corrected chi connectivity index (χ3v) is 1.75. The van der Waals surface area contributed by atoms with Gasteiger partial charge in [0.15, 0.2) is 0 Å². The van der Waals surface area contributed by atoms with E-state index in [1.165, 1.54) is 0 Å². The maximum absolute atomic E-state index is 7.68. The Kier molecular flexibility index (Phi) is 6.43. The summed E-state index contributed by atoms with van der Waals surface area (Å²) in [5, 5.41) is 7.68. The fourth-order valence-corrected chi connectivity index (χ4v) is 1.11. The molecule has 0 amide bonds. The van der Waals surface area contributed by atoms with Crippen molar-refractivity contribution >= 4 is 5.71 Å². The summed E-state index contributed by atoms with van der Waals surface area (Å²) < 4.78 is 5.54. The quantitative estimate of drug-likeness (QED) is 0.400. The van der Waals surface area contributed by atoms with Crippen LogP contribution in [0.3, 0.4) is 0 Å². The maximum Gasteiger partial charge on any atom is 0.127 e. The molecule has 0 saturated heterocycles. The second kappa shape index (κ2) is 7.04. The highest BCUT2D eigenvalue weighted by Gasteiger charge is 2.04. The minimum Gasteiger partial charge on any atom is -0.493 e. The molecular formula is C13H21NO. The minimum absolute atomic E-state index is 0.502. The van der Waals surface area contributed by atoms with Crippen molar-refractivity contribution in [3.8, 4) is 0 Å². The van der Waals surface area contributed by atoms with Crippen molar-refractivity contribution in [1.29, 1.82) is 5.41 Å². The average molecular weight is 207 g/mol. The molecule has 0 bridgehead atoms. The van der Waals surface area contributed by atoms with E-state index in [9.17, 15) is 0 Å². The van der Waals surface area contributed by atoms with Crippen LogP contribution in [0.2, 0.25) is 0 Å². The molecule has 1 N–H and O–H groups in total. The summed E-state index contributed by atoms with van der Waals surface area (Å²) >= 11 is 0. The molecule has 84 valence electrons. The predicted octanol–water partition coefficient (Wildman–Crippen LogP) is 3.86. The van der Waals surface area contributed by atoms with Gasteiger partial charge in [-0.25, -0.2) is 0 Å². The Hall–Kier alpha value is -1.31. The average Bonchev–Trinajstić information content (AvgIpc) is 2.16. The van der Waals surface area contributed by atoms with E-state index in [1.54, 1.807) is 13.0 Å². The molecule has 0 aliphatic heterocycles. The van der Waals surface area contributed by atoms with E-state index in [0.717, 1.165) is 17.6 Å². The molecule has 0 fully saturated rings. The second-order valence-corrected chi connectivity index (χ2v) is 3.68. The van der Waals surface area contributed by atoms with Crippen LogP contribution in [0.5, 0.6) is 0 Å². The standard InChI is InChI=1S/C13H21NO/c1-6-8-15-13(7-2)12(11(5)14)9-10(3)4/h7,9,14H,2,6,8H2,1,3-5H3. The zero-order valence-electron chi connectivity index (χ0n) is 10.2. The van der Waals surface area contributed by atoms with Crippen LogP contribution in [0, 0.1) is 5.41 Å². The summed E-state index contributed by atoms with van der Waals surface area (Å²) in [7, 11) is 0. The van der Waals surface area contributed by atoms with Crippen molar-refractivity contribution in [3.63, 3.8) is 0 Å². The molecule has 2 nitrogen and oxygen atoms in total. The summed E-state index contributed by atoms with van der Waals surface area (Å²) in [5.41, 5.74) is 2.47. The van der Waals surface area contributed by atoms with Crippen molar-refractivity contribution in [2.75, 3.05) is 6.61 Å². The highest BCUT2D eigenvalue weighted by molar-refractivity contribution is 5.99. The fourth-order valence-electron chi connectivity index (χ4n) is 1.11. The first-order valence-corrected chi connectivity index (χ1v) is 5.22. The van der Waals surface area contributed by atoms with Crippen molar-refractivity contribution in [1.82, 2.24) is 0 Å². The Morgan fingerprint density at radius 3 is 2.27 bits per heavy atom. The Morgan fingerprint density at radius 2 is 1.93 bits per heavy atom. The molecule has 0 aliphatic carbocycles. The highest BCUT2D eigenvalue weighted by Crippen LogP contribution is 2.13. The van der Waals surface area contributed by atoms with Gasteiger partial charge in [0.1, 0.15) is 5.76 Å². The smallest absolute Gasteiger partial charge is 0.127 e. The lowest BCUT2D eigenvalue weighted by atomic mass is 10.1.